The Bertz CT molecular complexity index is 969. The van der Waals surface area contributed by atoms with E-state index in [0.717, 1.165) is 41.8 Å². The van der Waals surface area contributed by atoms with Gasteiger partial charge in [-0.3, -0.25) is 9.78 Å². The average molecular weight is 372 g/mol. The van der Waals surface area contributed by atoms with Gasteiger partial charge in [0.1, 0.15) is 12.4 Å². The Kier molecular flexibility index (Phi) is 5.38. The lowest BCUT2D eigenvalue weighted by Crippen LogP contribution is -2.37. The van der Waals surface area contributed by atoms with E-state index in [1.54, 1.807) is 6.20 Å². The average Bonchev–Trinajstić information content (AvgIpc) is 2.75. The molecule has 0 unspecified atom stereocenters. The van der Waals surface area contributed by atoms with Crippen molar-refractivity contribution in [2.45, 2.75) is 32.9 Å². The summed E-state index contributed by atoms with van der Waals surface area (Å²) >= 11 is 0. The van der Waals surface area contributed by atoms with E-state index < -0.39 is 0 Å². The van der Waals surface area contributed by atoms with Crippen molar-refractivity contribution in [1.29, 1.82) is 0 Å². The molecule has 2 aromatic carbocycles. The Morgan fingerprint density at radius 1 is 1.07 bits per heavy atom. The molecule has 1 amide bonds. The molecule has 4 nitrogen and oxygen atoms in total. The van der Waals surface area contributed by atoms with Gasteiger partial charge in [0, 0.05) is 31.0 Å². The molecule has 0 radical (unpaired) electrons. The van der Waals surface area contributed by atoms with Gasteiger partial charge in [-0.25, -0.2) is 0 Å². The molecular weight excluding hydrogens is 348 g/mol. The summed E-state index contributed by atoms with van der Waals surface area (Å²) in [5.41, 5.74) is 5.36. The molecule has 2 heterocycles. The molecule has 0 N–H and O–H groups in total. The number of fused-ring (bicyclic) bond motifs is 1. The first-order valence-corrected chi connectivity index (χ1v) is 9.75. The number of amides is 1. The highest BCUT2D eigenvalue weighted by atomic mass is 16.5. The summed E-state index contributed by atoms with van der Waals surface area (Å²) in [4.78, 5) is 19.0. The molecule has 0 saturated carbocycles. The lowest BCUT2D eigenvalue weighted by Gasteiger charge is -2.29. The van der Waals surface area contributed by atoms with Crippen molar-refractivity contribution < 1.29 is 9.53 Å². The number of hydrogen-bond acceptors (Lipinski definition) is 3. The van der Waals surface area contributed by atoms with Crippen molar-refractivity contribution in [3.8, 4) is 5.75 Å². The van der Waals surface area contributed by atoms with Crippen LogP contribution in [-0.2, 0) is 26.0 Å². The molecule has 0 fully saturated rings. The first kappa shape index (κ1) is 18.2. The summed E-state index contributed by atoms with van der Waals surface area (Å²) < 4.78 is 6.02. The van der Waals surface area contributed by atoms with Crippen molar-refractivity contribution in [3.05, 3.63) is 94.8 Å². The Balaban J connectivity index is 1.49. The normalized spacial score (nSPS) is 13.3. The Hall–Kier alpha value is -3.14. The molecule has 0 saturated heterocycles. The molecular formula is C24H24N2O2. The van der Waals surface area contributed by atoms with E-state index in [0.29, 0.717) is 13.2 Å². The summed E-state index contributed by atoms with van der Waals surface area (Å²) in [5, 5.41) is 0. The topological polar surface area (TPSA) is 42.4 Å². The second-order valence-electron chi connectivity index (χ2n) is 7.07. The molecule has 1 aliphatic rings. The molecule has 0 aliphatic carbocycles. The Morgan fingerprint density at radius 3 is 2.71 bits per heavy atom. The third kappa shape index (κ3) is 3.91. The van der Waals surface area contributed by atoms with E-state index in [1.165, 1.54) is 11.1 Å². The van der Waals surface area contributed by atoms with E-state index in [2.05, 4.69) is 30.1 Å². The van der Waals surface area contributed by atoms with Crippen LogP contribution in [0.3, 0.4) is 0 Å². The molecule has 0 spiro atoms. The maximum Gasteiger partial charge on any atom is 0.254 e. The number of rotatable bonds is 6. The molecule has 3 aromatic rings. The maximum atomic E-state index is 13.0. The van der Waals surface area contributed by atoms with Gasteiger partial charge in [-0.2, -0.15) is 0 Å². The zero-order valence-electron chi connectivity index (χ0n) is 16.1. The molecule has 0 atom stereocenters. The van der Waals surface area contributed by atoms with Crippen LogP contribution in [0.2, 0.25) is 0 Å². The van der Waals surface area contributed by atoms with Gasteiger partial charge in [-0.05, 0) is 53.3 Å². The highest BCUT2D eigenvalue weighted by molar-refractivity contribution is 5.97. The third-order valence-corrected chi connectivity index (χ3v) is 5.24. The van der Waals surface area contributed by atoms with Crippen molar-refractivity contribution in [2.24, 2.45) is 0 Å². The van der Waals surface area contributed by atoms with Crippen LogP contribution in [0, 0.1) is 0 Å². The Morgan fingerprint density at radius 2 is 1.93 bits per heavy atom. The highest BCUT2D eigenvalue weighted by Crippen LogP contribution is 2.26. The smallest absolute Gasteiger partial charge is 0.254 e. The summed E-state index contributed by atoms with van der Waals surface area (Å²) in [5.74, 6) is 0.797. The fourth-order valence-electron chi connectivity index (χ4n) is 3.66. The van der Waals surface area contributed by atoms with Crippen LogP contribution in [0.1, 0.15) is 39.5 Å². The predicted molar refractivity (Wildman–Crippen MR) is 109 cm³/mol. The fraction of sp³-hybridized carbons (Fsp3) is 0.250. The van der Waals surface area contributed by atoms with Gasteiger partial charge in [0.2, 0.25) is 0 Å². The van der Waals surface area contributed by atoms with Gasteiger partial charge >= 0.3 is 0 Å². The summed E-state index contributed by atoms with van der Waals surface area (Å²) in [6.07, 6.45) is 5.40. The highest BCUT2D eigenvalue weighted by Gasteiger charge is 2.25. The van der Waals surface area contributed by atoms with Crippen molar-refractivity contribution in [1.82, 2.24) is 9.88 Å². The minimum absolute atomic E-state index is 0.0597. The number of carbonyl (C=O) groups excluding carboxylic acids is 1. The number of aromatic nitrogens is 1. The number of pyridine rings is 1. The monoisotopic (exact) mass is 372 g/mol. The van der Waals surface area contributed by atoms with E-state index in [-0.39, 0.29) is 5.91 Å². The van der Waals surface area contributed by atoms with E-state index in [4.69, 9.17) is 4.74 Å². The minimum Gasteiger partial charge on any atom is -0.489 e. The minimum atomic E-state index is 0.0597. The Labute approximate surface area is 165 Å². The van der Waals surface area contributed by atoms with Crippen LogP contribution in [-0.4, -0.2) is 22.3 Å². The standard InChI is InChI=1S/C24H24N2O2/c1-2-19-7-3-4-8-21(19)17-28-22-10-9-20-11-13-26(24(27)23(20)14-22)16-18-6-5-12-25-15-18/h3-10,12,14-15H,2,11,13,16-17H2,1H3. The van der Waals surface area contributed by atoms with Gasteiger partial charge in [0.05, 0.1) is 0 Å². The summed E-state index contributed by atoms with van der Waals surface area (Å²) in [7, 11) is 0. The molecule has 4 heteroatoms. The van der Waals surface area contributed by atoms with Crippen molar-refractivity contribution in [2.75, 3.05) is 6.54 Å². The van der Waals surface area contributed by atoms with Crippen LogP contribution in [0.4, 0.5) is 0 Å². The number of ether oxygens (including phenoxy) is 1. The molecule has 28 heavy (non-hydrogen) atoms. The van der Waals surface area contributed by atoms with Crippen molar-refractivity contribution >= 4 is 5.91 Å². The second kappa shape index (κ2) is 8.26. The SMILES string of the molecule is CCc1ccccc1COc1ccc2c(c1)C(=O)N(Cc1cccnc1)CC2. The first-order chi connectivity index (χ1) is 13.7. The maximum absolute atomic E-state index is 13.0. The number of carbonyl (C=O) groups is 1. The summed E-state index contributed by atoms with van der Waals surface area (Å²) in [6.45, 7) is 3.97. The molecule has 4 rings (SSSR count). The zero-order valence-corrected chi connectivity index (χ0v) is 16.1. The quantitative estimate of drug-likeness (QED) is 0.643. The lowest BCUT2D eigenvalue weighted by molar-refractivity contribution is 0.0726. The predicted octanol–water partition coefficient (Wildman–Crippen LogP) is 4.42. The lowest BCUT2D eigenvalue weighted by atomic mass is 9.98. The molecule has 142 valence electrons. The van der Waals surface area contributed by atoms with Gasteiger partial charge in [-0.15, -0.1) is 0 Å². The van der Waals surface area contributed by atoms with Crippen molar-refractivity contribution in [3.63, 3.8) is 0 Å². The molecule has 1 aromatic heterocycles. The largest absolute Gasteiger partial charge is 0.489 e. The summed E-state index contributed by atoms with van der Waals surface area (Å²) in [6, 6.07) is 18.1. The van der Waals surface area contributed by atoms with E-state index >= 15 is 0 Å². The fourth-order valence-corrected chi connectivity index (χ4v) is 3.66. The second-order valence-corrected chi connectivity index (χ2v) is 7.07. The van der Waals surface area contributed by atoms with Crippen LogP contribution >= 0.6 is 0 Å². The van der Waals surface area contributed by atoms with Gasteiger partial charge in [0.15, 0.2) is 0 Å². The van der Waals surface area contributed by atoms with Crippen LogP contribution in [0.15, 0.2) is 67.0 Å². The van der Waals surface area contributed by atoms with Gasteiger partial charge < -0.3 is 9.64 Å². The van der Waals surface area contributed by atoms with E-state index in [9.17, 15) is 4.79 Å². The van der Waals surface area contributed by atoms with Gasteiger partial charge in [0.25, 0.3) is 5.91 Å². The first-order valence-electron chi connectivity index (χ1n) is 9.75. The van der Waals surface area contributed by atoms with E-state index in [1.807, 2.05) is 47.5 Å². The van der Waals surface area contributed by atoms with Crippen LogP contribution in [0.25, 0.3) is 0 Å². The van der Waals surface area contributed by atoms with Crippen LogP contribution in [0.5, 0.6) is 5.75 Å². The number of aryl methyl sites for hydroxylation is 1. The number of benzene rings is 2. The zero-order chi connectivity index (χ0) is 19.3. The van der Waals surface area contributed by atoms with Gasteiger partial charge in [-0.1, -0.05) is 43.3 Å². The number of nitrogens with zero attached hydrogens (tertiary/aromatic N) is 2. The number of hydrogen-bond donors (Lipinski definition) is 0. The molecule has 1 aliphatic heterocycles. The third-order valence-electron chi connectivity index (χ3n) is 5.24. The van der Waals surface area contributed by atoms with Crippen LogP contribution < -0.4 is 4.74 Å². The molecule has 0 bridgehead atoms.